The molecule has 7 heteroatoms. The van der Waals surface area contributed by atoms with Crippen molar-refractivity contribution >= 4 is 29.1 Å². The van der Waals surface area contributed by atoms with Crippen molar-refractivity contribution in [3.05, 3.63) is 59.7 Å². The highest BCUT2D eigenvalue weighted by Gasteiger charge is 2.18. The number of benzene rings is 2. The summed E-state index contributed by atoms with van der Waals surface area (Å²) < 4.78 is 10.7. The summed E-state index contributed by atoms with van der Waals surface area (Å²) in [6.45, 7) is 4.75. The van der Waals surface area contributed by atoms with Crippen molar-refractivity contribution in [1.82, 2.24) is 0 Å². The van der Waals surface area contributed by atoms with Crippen LogP contribution in [0.5, 0.6) is 5.75 Å². The molecule has 0 aliphatic carbocycles. The SMILES string of the molecule is CC(=O)c1ccc(NC(=O)[C@@H](C)OC(=O)CCCOc2ccc(C(C)=O)cc2)cc1. The second kappa shape index (κ2) is 10.9. The first kappa shape index (κ1) is 22.8. The molecule has 0 aliphatic heterocycles. The van der Waals surface area contributed by atoms with Gasteiger partial charge in [0.2, 0.25) is 0 Å². The van der Waals surface area contributed by atoms with Crippen molar-refractivity contribution < 1.29 is 28.7 Å². The second-order valence-corrected chi connectivity index (χ2v) is 6.79. The zero-order valence-corrected chi connectivity index (χ0v) is 17.3. The highest BCUT2D eigenvalue weighted by atomic mass is 16.5. The van der Waals surface area contributed by atoms with Gasteiger partial charge in [-0.1, -0.05) is 0 Å². The van der Waals surface area contributed by atoms with Crippen LogP contribution in [0.3, 0.4) is 0 Å². The first-order chi connectivity index (χ1) is 14.3. The molecule has 30 heavy (non-hydrogen) atoms. The van der Waals surface area contributed by atoms with Gasteiger partial charge < -0.3 is 14.8 Å². The lowest BCUT2D eigenvalue weighted by molar-refractivity contribution is -0.153. The number of ketones is 2. The number of hydrogen-bond donors (Lipinski definition) is 1. The summed E-state index contributed by atoms with van der Waals surface area (Å²) in [7, 11) is 0. The summed E-state index contributed by atoms with van der Waals surface area (Å²) >= 11 is 0. The molecule has 0 radical (unpaired) electrons. The molecule has 0 fully saturated rings. The predicted octanol–water partition coefficient (Wildman–Crippen LogP) is 3.82. The maximum absolute atomic E-state index is 12.2. The van der Waals surface area contributed by atoms with E-state index in [9.17, 15) is 19.2 Å². The minimum Gasteiger partial charge on any atom is -0.494 e. The van der Waals surface area contributed by atoms with E-state index in [0.717, 1.165) is 0 Å². The van der Waals surface area contributed by atoms with Gasteiger partial charge in [-0.15, -0.1) is 0 Å². The van der Waals surface area contributed by atoms with Crippen LogP contribution in [0, 0.1) is 0 Å². The van der Waals surface area contributed by atoms with Gasteiger partial charge in [0.25, 0.3) is 5.91 Å². The molecule has 0 spiro atoms. The van der Waals surface area contributed by atoms with Crippen LogP contribution < -0.4 is 10.1 Å². The Morgan fingerprint density at radius 2 is 1.40 bits per heavy atom. The van der Waals surface area contributed by atoms with Crippen LogP contribution in [-0.2, 0) is 14.3 Å². The summed E-state index contributed by atoms with van der Waals surface area (Å²) in [5.74, 6) is -0.430. The number of rotatable bonds is 10. The molecule has 2 rings (SSSR count). The first-order valence-corrected chi connectivity index (χ1v) is 9.61. The smallest absolute Gasteiger partial charge is 0.306 e. The van der Waals surface area contributed by atoms with E-state index in [1.54, 1.807) is 48.5 Å². The van der Waals surface area contributed by atoms with Gasteiger partial charge in [0.05, 0.1) is 6.61 Å². The number of Topliss-reactive ketones (excluding diaryl/α,β-unsaturated/α-hetero) is 2. The molecule has 0 saturated heterocycles. The van der Waals surface area contributed by atoms with E-state index in [-0.39, 0.29) is 18.0 Å². The fraction of sp³-hybridized carbons (Fsp3) is 0.304. The number of anilines is 1. The minimum atomic E-state index is -0.954. The van der Waals surface area contributed by atoms with Gasteiger partial charge in [-0.25, -0.2) is 0 Å². The molecular formula is C23H25NO6. The van der Waals surface area contributed by atoms with Crippen LogP contribution in [0.15, 0.2) is 48.5 Å². The Kier molecular flexibility index (Phi) is 8.29. The average Bonchev–Trinajstić information content (AvgIpc) is 2.71. The zero-order valence-electron chi connectivity index (χ0n) is 17.3. The summed E-state index contributed by atoms with van der Waals surface area (Å²) in [5, 5.41) is 2.64. The van der Waals surface area contributed by atoms with E-state index in [2.05, 4.69) is 5.32 Å². The topological polar surface area (TPSA) is 98.8 Å². The van der Waals surface area contributed by atoms with Crippen molar-refractivity contribution in [2.45, 2.75) is 39.7 Å². The number of esters is 1. The van der Waals surface area contributed by atoms with E-state index < -0.39 is 18.0 Å². The Morgan fingerprint density at radius 3 is 1.93 bits per heavy atom. The van der Waals surface area contributed by atoms with Crippen LogP contribution in [0.4, 0.5) is 5.69 Å². The van der Waals surface area contributed by atoms with Crippen LogP contribution >= 0.6 is 0 Å². The Bertz CT molecular complexity index is 902. The minimum absolute atomic E-state index is 0.0180. The third-order valence-electron chi connectivity index (χ3n) is 4.29. The molecule has 2 aromatic rings. The Morgan fingerprint density at radius 1 is 0.867 bits per heavy atom. The number of amides is 1. The molecule has 2 aromatic carbocycles. The quantitative estimate of drug-likeness (QED) is 0.362. The standard InChI is InChI=1S/C23H25NO6/c1-15(25)18-6-10-20(11-7-18)24-23(28)17(3)30-22(27)5-4-14-29-21-12-8-19(9-13-21)16(2)26/h6-13,17H,4-5,14H2,1-3H3,(H,24,28)/t17-/m1/s1. The van der Waals surface area contributed by atoms with E-state index in [1.807, 2.05) is 0 Å². The maximum Gasteiger partial charge on any atom is 0.306 e. The Balaban J connectivity index is 1.69. The van der Waals surface area contributed by atoms with Crippen molar-refractivity contribution in [1.29, 1.82) is 0 Å². The maximum atomic E-state index is 12.2. The number of carbonyl (C=O) groups excluding carboxylic acids is 4. The van der Waals surface area contributed by atoms with Gasteiger partial charge in [-0.3, -0.25) is 19.2 Å². The van der Waals surface area contributed by atoms with Gasteiger partial charge in [-0.2, -0.15) is 0 Å². The van der Waals surface area contributed by atoms with Crippen molar-refractivity contribution in [2.24, 2.45) is 0 Å². The number of nitrogens with one attached hydrogen (secondary N) is 1. The lowest BCUT2D eigenvalue weighted by Crippen LogP contribution is -2.30. The zero-order chi connectivity index (χ0) is 22.1. The largest absolute Gasteiger partial charge is 0.494 e. The molecular weight excluding hydrogens is 386 g/mol. The molecule has 1 N–H and O–H groups in total. The summed E-state index contributed by atoms with van der Waals surface area (Å²) in [6, 6.07) is 13.2. The molecule has 7 nitrogen and oxygen atoms in total. The molecule has 1 amide bonds. The van der Waals surface area contributed by atoms with Crippen molar-refractivity contribution in [3.8, 4) is 5.75 Å². The molecule has 0 unspecified atom stereocenters. The fourth-order valence-corrected chi connectivity index (χ4v) is 2.53. The van der Waals surface area contributed by atoms with E-state index in [4.69, 9.17) is 9.47 Å². The number of carbonyl (C=O) groups is 4. The molecule has 0 aromatic heterocycles. The molecule has 0 saturated carbocycles. The van der Waals surface area contributed by atoms with Gasteiger partial charge in [0.1, 0.15) is 5.75 Å². The van der Waals surface area contributed by atoms with Crippen LogP contribution in [0.25, 0.3) is 0 Å². The van der Waals surface area contributed by atoms with Crippen LogP contribution in [0.2, 0.25) is 0 Å². The van der Waals surface area contributed by atoms with E-state index in [0.29, 0.717) is 35.6 Å². The lowest BCUT2D eigenvalue weighted by atomic mass is 10.1. The van der Waals surface area contributed by atoms with Gasteiger partial charge >= 0.3 is 5.97 Å². The number of hydrogen-bond acceptors (Lipinski definition) is 6. The third kappa shape index (κ3) is 7.16. The summed E-state index contributed by atoms with van der Waals surface area (Å²) in [5.41, 5.74) is 1.66. The molecule has 158 valence electrons. The van der Waals surface area contributed by atoms with Gasteiger partial charge in [-0.05, 0) is 75.7 Å². The normalized spacial score (nSPS) is 11.3. The fourth-order valence-electron chi connectivity index (χ4n) is 2.53. The summed E-state index contributed by atoms with van der Waals surface area (Å²) in [6.07, 6.45) is -0.421. The molecule has 0 heterocycles. The van der Waals surface area contributed by atoms with Gasteiger partial charge in [0, 0.05) is 23.2 Å². The lowest BCUT2D eigenvalue weighted by Gasteiger charge is -2.14. The highest BCUT2D eigenvalue weighted by Crippen LogP contribution is 2.14. The molecule has 1 atom stereocenters. The van der Waals surface area contributed by atoms with Crippen molar-refractivity contribution in [3.63, 3.8) is 0 Å². The predicted molar refractivity (Wildman–Crippen MR) is 112 cm³/mol. The first-order valence-electron chi connectivity index (χ1n) is 9.61. The number of ether oxygens (including phenoxy) is 2. The second-order valence-electron chi connectivity index (χ2n) is 6.79. The van der Waals surface area contributed by atoms with Crippen molar-refractivity contribution in [2.75, 3.05) is 11.9 Å². The molecule has 0 bridgehead atoms. The van der Waals surface area contributed by atoms with Gasteiger partial charge in [0.15, 0.2) is 17.7 Å². The molecule has 0 aliphatic rings. The average molecular weight is 411 g/mol. The van der Waals surface area contributed by atoms with E-state index >= 15 is 0 Å². The third-order valence-corrected chi connectivity index (χ3v) is 4.29. The Labute approximate surface area is 175 Å². The van der Waals surface area contributed by atoms with Crippen LogP contribution in [0.1, 0.15) is 54.3 Å². The summed E-state index contributed by atoms with van der Waals surface area (Å²) in [4.78, 5) is 46.6. The van der Waals surface area contributed by atoms with E-state index in [1.165, 1.54) is 20.8 Å². The van der Waals surface area contributed by atoms with Crippen LogP contribution in [-0.4, -0.2) is 36.2 Å². The monoisotopic (exact) mass is 411 g/mol. The highest BCUT2D eigenvalue weighted by molar-refractivity contribution is 5.97. The Hall–Kier alpha value is -3.48.